The first-order valence-electron chi connectivity index (χ1n) is 7.40. The Hall–Kier alpha value is -1.98. The van der Waals surface area contributed by atoms with Gasteiger partial charge in [0.15, 0.2) is 0 Å². The number of carboxylic acids is 1. The first kappa shape index (κ1) is 15.4. The Labute approximate surface area is 123 Å². The zero-order valence-electron chi connectivity index (χ0n) is 12.1. The molecule has 2 amide bonds. The van der Waals surface area contributed by atoms with Gasteiger partial charge in [0, 0.05) is 13.0 Å². The molecule has 0 unspecified atom stereocenters. The molecule has 1 aliphatic rings. The first-order chi connectivity index (χ1) is 10.1. The number of rotatable bonds is 6. The zero-order chi connectivity index (χ0) is 15.1. The van der Waals surface area contributed by atoms with Gasteiger partial charge in [-0.25, -0.2) is 4.79 Å². The molecule has 0 saturated heterocycles. The predicted molar refractivity (Wildman–Crippen MR) is 77.0 cm³/mol. The van der Waals surface area contributed by atoms with Gasteiger partial charge in [-0.2, -0.15) is 0 Å². The third-order valence-electron chi connectivity index (χ3n) is 3.92. The fourth-order valence-electron chi connectivity index (χ4n) is 2.90. The Bertz CT molecular complexity index is 464. The van der Waals surface area contributed by atoms with Crippen molar-refractivity contribution >= 4 is 12.0 Å². The van der Waals surface area contributed by atoms with Crippen LogP contribution in [0.2, 0.25) is 0 Å². The quantitative estimate of drug-likeness (QED) is 0.750. The summed E-state index contributed by atoms with van der Waals surface area (Å²) in [4.78, 5) is 23.0. The zero-order valence-corrected chi connectivity index (χ0v) is 12.1. The highest BCUT2D eigenvalue weighted by molar-refractivity contribution is 5.76. The molecule has 0 aromatic carbocycles. The van der Waals surface area contributed by atoms with E-state index in [1.807, 2.05) is 6.07 Å². The van der Waals surface area contributed by atoms with E-state index in [2.05, 4.69) is 10.6 Å². The van der Waals surface area contributed by atoms with E-state index in [1.165, 1.54) is 0 Å². The van der Waals surface area contributed by atoms with Gasteiger partial charge >= 0.3 is 12.0 Å². The second kappa shape index (κ2) is 7.15. The molecule has 1 saturated carbocycles. The molecule has 0 spiro atoms. The molecular weight excluding hydrogens is 272 g/mol. The second-order valence-corrected chi connectivity index (χ2v) is 5.62. The summed E-state index contributed by atoms with van der Waals surface area (Å²) >= 11 is 0. The number of nitrogens with one attached hydrogen (secondary N) is 2. The Morgan fingerprint density at radius 3 is 2.67 bits per heavy atom. The summed E-state index contributed by atoms with van der Waals surface area (Å²) in [7, 11) is 0. The van der Waals surface area contributed by atoms with Crippen LogP contribution in [0, 0.1) is 0 Å². The van der Waals surface area contributed by atoms with Crippen LogP contribution >= 0.6 is 0 Å². The molecule has 0 atom stereocenters. The summed E-state index contributed by atoms with van der Waals surface area (Å²) in [5.41, 5.74) is -0.598. The highest BCUT2D eigenvalue weighted by Gasteiger charge is 2.35. The maximum absolute atomic E-state index is 12.0. The number of carboxylic acid groups (broad SMARTS) is 1. The topological polar surface area (TPSA) is 91.6 Å². The maximum Gasteiger partial charge on any atom is 0.315 e. The number of aliphatic carboxylic acids is 1. The lowest BCUT2D eigenvalue weighted by Crippen LogP contribution is -2.54. The lowest BCUT2D eigenvalue weighted by molar-refractivity contribution is -0.139. The van der Waals surface area contributed by atoms with Crippen LogP contribution in [-0.4, -0.2) is 29.2 Å². The van der Waals surface area contributed by atoms with Crippen LogP contribution in [0.1, 0.15) is 44.3 Å². The molecule has 6 nitrogen and oxygen atoms in total. The van der Waals surface area contributed by atoms with Crippen LogP contribution in [0.15, 0.2) is 22.8 Å². The van der Waals surface area contributed by atoms with Crippen LogP contribution in [-0.2, 0) is 11.2 Å². The van der Waals surface area contributed by atoms with Gasteiger partial charge in [-0.3, -0.25) is 4.79 Å². The molecule has 116 valence electrons. The van der Waals surface area contributed by atoms with E-state index in [4.69, 9.17) is 9.52 Å². The normalized spacial score (nSPS) is 17.1. The molecule has 2 rings (SSSR count). The highest BCUT2D eigenvalue weighted by atomic mass is 16.4. The number of amides is 2. The average molecular weight is 294 g/mol. The third kappa shape index (κ3) is 4.81. The summed E-state index contributed by atoms with van der Waals surface area (Å²) in [6, 6.07) is 3.36. The smallest absolute Gasteiger partial charge is 0.315 e. The number of furan rings is 1. The minimum Gasteiger partial charge on any atom is -0.481 e. The van der Waals surface area contributed by atoms with Gasteiger partial charge in [0.25, 0.3) is 0 Å². The lowest BCUT2D eigenvalue weighted by atomic mass is 9.79. The molecular formula is C15H22N2O4. The van der Waals surface area contributed by atoms with Crippen LogP contribution < -0.4 is 10.6 Å². The van der Waals surface area contributed by atoms with Gasteiger partial charge < -0.3 is 20.2 Å². The van der Waals surface area contributed by atoms with Crippen molar-refractivity contribution in [1.29, 1.82) is 0 Å². The second-order valence-electron chi connectivity index (χ2n) is 5.62. The first-order valence-corrected chi connectivity index (χ1v) is 7.40. The van der Waals surface area contributed by atoms with Crippen molar-refractivity contribution in [2.45, 2.75) is 50.5 Å². The van der Waals surface area contributed by atoms with Crippen molar-refractivity contribution in [3.8, 4) is 0 Å². The van der Waals surface area contributed by atoms with Crippen LogP contribution in [0.4, 0.5) is 4.79 Å². The third-order valence-corrected chi connectivity index (χ3v) is 3.92. The van der Waals surface area contributed by atoms with Gasteiger partial charge in [0.1, 0.15) is 5.76 Å². The summed E-state index contributed by atoms with van der Waals surface area (Å²) in [5.74, 6) is -0.0546. The van der Waals surface area contributed by atoms with E-state index in [9.17, 15) is 9.59 Å². The van der Waals surface area contributed by atoms with E-state index in [-0.39, 0.29) is 12.5 Å². The van der Waals surface area contributed by atoms with E-state index in [0.29, 0.717) is 13.0 Å². The summed E-state index contributed by atoms with van der Waals surface area (Å²) in [6.45, 7) is 0.461. The van der Waals surface area contributed by atoms with E-state index in [1.54, 1.807) is 12.3 Å². The predicted octanol–water partition coefficient (Wildman–Crippen LogP) is 2.30. The van der Waals surface area contributed by atoms with Crippen molar-refractivity contribution in [2.75, 3.05) is 6.54 Å². The highest BCUT2D eigenvalue weighted by Crippen LogP contribution is 2.31. The molecule has 1 aliphatic carbocycles. The largest absolute Gasteiger partial charge is 0.481 e. The van der Waals surface area contributed by atoms with Crippen LogP contribution in [0.3, 0.4) is 0 Å². The molecule has 1 fully saturated rings. The number of carbonyl (C=O) groups is 2. The van der Waals surface area contributed by atoms with E-state index >= 15 is 0 Å². The van der Waals surface area contributed by atoms with Gasteiger partial charge in [0.2, 0.25) is 0 Å². The van der Waals surface area contributed by atoms with Crippen molar-refractivity contribution in [3.63, 3.8) is 0 Å². The molecule has 0 aliphatic heterocycles. The van der Waals surface area contributed by atoms with Crippen molar-refractivity contribution < 1.29 is 19.1 Å². The number of urea groups is 1. The monoisotopic (exact) mass is 294 g/mol. The van der Waals surface area contributed by atoms with E-state index < -0.39 is 11.5 Å². The van der Waals surface area contributed by atoms with Gasteiger partial charge in [-0.1, -0.05) is 19.3 Å². The van der Waals surface area contributed by atoms with E-state index in [0.717, 1.165) is 37.9 Å². The molecule has 1 aromatic heterocycles. The molecule has 21 heavy (non-hydrogen) atoms. The Morgan fingerprint density at radius 2 is 2.05 bits per heavy atom. The average Bonchev–Trinajstić information content (AvgIpc) is 2.91. The van der Waals surface area contributed by atoms with Gasteiger partial charge in [0.05, 0.1) is 18.2 Å². The molecule has 1 heterocycles. The minimum absolute atomic E-state index is 0.0153. The number of hydrogen-bond donors (Lipinski definition) is 3. The summed E-state index contributed by atoms with van der Waals surface area (Å²) < 4.78 is 5.19. The fraction of sp³-hybridized carbons (Fsp3) is 0.600. The Balaban J connectivity index is 1.81. The van der Waals surface area contributed by atoms with Crippen LogP contribution in [0.25, 0.3) is 0 Å². The minimum atomic E-state index is -0.868. The SMILES string of the molecule is O=C(O)CC1(NC(=O)NCCc2ccco2)CCCCC1. The summed E-state index contributed by atoms with van der Waals surface area (Å²) in [5, 5.41) is 14.7. The molecule has 0 radical (unpaired) electrons. The molecule has 3 N–H and O–H groups in total. The summed E-state index contributed by atoms with van der Waals surface area (Å²) in [6.07, 6.45) is 6.67. The van der Waals surface area contributed by atoms with Gasteiger partial charge in [-0.15, -0.1) is 0 Å². The Kier molecular flexibility index (Phi) is 5.25. The van der Waals surface area contributed by atoms with Crippen molar-refractivity contribution in [3.05, 3.63) is 24.2 Å². The molecule has 0 bridgehead atoms. The lowest BCUT2D eigenvalue weighted by Gasteiger charge is -2.36. The van der Waals surface area contributed by atoms with Gasteiger partial charge in [-0.05, 0) is 25.0 Å². The standard InChI is InChI=1S/C15H22N2O4/c18-13(19)11-15(7-2-1-3-8-15)17-14(20)16-9-6-12-5-4-10-21-12/h4-5,10H,1-3,6-9,11H2,(H,18,19)(H2,16,17,20). The Morgan fingerprint density at radius 1 is 1.29 bits per heavy atom. The number of carbonyl (C=O) groups excluding carboxylic acids is 1. The van der Waals surface area contributed by atoms with Crippen molar-refractivity contribution in [1.82, 2.24) is 10.6 Å². The molecule has 6 heteroatoms. The molecule has 1 aromatic rings. The number of hydrogen-bond acceptors (Lipinski definition) is 3. The van der Waals surface area contributed by atoms with Crippen molar-refractivity contribution in [2.24, 2.45) is 0 Å². The maximum atomic E-state index is 12.0. The fourth-order valence-corrected chi connectivity index (χ4v) is 2.90. The van der Waals surface area contributed by atoms with Crippen LogP contribution in [0.5, 0.6) is 0 Å².